The Labute approximate surface area is 151 Å². The topological polar surface area (TPSA) is 72.9 Å². The number of amides is 1. The predicted molar refractivity (Wildman–Crippen MR) is 95.3 cm³/mol. The van der Waals surface area contributed by atoms with E-state index < -0.39 is 5.97 Å². The highest BCUT2D eigenvalue weighted by Gasteiger charge is 2.21. The molecule has 1 fully saturated rings. The van der Waals surface area contributed by atoms with Crippen LogP contribution < -0.4 is 9.64 Å². The number of esters is 1. The summed E-state index contributed by atoms with van der Waals surface area (Å²) < 4.78 is 10.2. The van der Waals surface area contributed by atoms with Crippen molar-refractivity contribution >= 4 is 23.3 Å². The SMILES string of the molecule is O=C(COc1ccccc1)OCC(=O)c1ccc(N2CCCC2=O)cc1. The molecular formula is C20H19NO5. The van der Waals surface area contributed by atoms with Gasteiger partial charge in [0.15, 0.2) is 19.0 Å². The van der Waals surface area contributed by atoms with E-state index in [1.165, 1.54) is 0 Å². The molecule has 0 saturated carbocycles. The van der Waals surface area contributed by atoms with Crippen molar-refractivity contribution in [1.82, 2.24) is 0 Å². The van der Waals surface area contributed by atoms with Crippen molar-refractivity contribution in [2.45, 2.75) is 12.8 Å². The number of carbonyl (C=O) groups excluding carboxylic acids is 3. The molecule has 2 aromatic carbocycles. The minimum Gasteiger partial charge on any atom is -0.482 e. The van der Waals surface area contributed by atoms with Crippen molar-refractivity contribution in [1.29, 1.82) is 0 Å². The Hall–Kier alpha value is -3.15. The third-order valence-electron chi connectivity index (χ3n) is 4.04. The van der Waals surface area contributed by atoms with E-state index >= 15 is 0 Å². The Morgan fingerprint density at radius 2 is 1.69 bits per heavy atom. The van der Waals surface area contributed by atoms with Crippen LogP contribution in [0.2, 0.25) is 0 Å². The third-order valence-corrected chi connectivity index (χ3v) is 4.04. The van der Waals surface area contributed by atoms with Crippen LogP contribution in [-0.2, 0) is 14.3 Å². The number of benzene rings is 2. The van der Waals surface area contributed by atoms with Crippen molar-refractivity contribution in [2.24, 2.45) is 0 Å². The maximum absolute atomic E-state index is 12.1. The smallest absolute Gasteiger partial charge is 0.344 e. The largest absolute Gasteiger partial charge is 0.482 e. The van der Waals surface area contributed by atoms with Crippen LogP contribution in [0.5, 0.6) is 5.75 Å². The summed E-state index contributed by atoms with van der Waals surface area (Å²) in [6.45, 7) is 0.0947. The molecule has 1 aliphatic rings. The van der Waals surface area contributed by atoms with Crippen molar-refractivity contribution in [3.8, 4) is 5.75 Å². The number of rotatable bonds is 7. The molecule has 26 heavy (non-hydrogen) atoms. The number of anilines is 1. The number of hydrogen-bond acceptors (Lipinski definition) is 5. The monoisotopic (exact) mass is 353 g/mol. The van der Waals surface area contributed by atoms with Crippen LogP contribution in [0.25, 0.3) is 0 Å². The Bertz CT molecular complexity index is 786. The first kappa shape index (κ1) is 17.7. The lowest BCUT2D eigenvalue weighted by molar-refractivity contribution is -0.144. The fourth-order valence-electron chi connectivity index (χ4n) is 2.68. The average molecular weight is 353 g/mol. The second-order valence-electron chi connectivity index (χ2n) is 5.88. The van der Waals surface area contributed by atoms with E-state index in [-0.39, 0.29) is 24.9 Å². The van der Waals surface area contributed by atoms with Crippen molar-refractivity contribution in [3.63, 3.8) is 0 Å². The molecule has 0 N–H and O–H groups in total. The molecule has 0 spiro atoms. The van der Waals surface area contributed by atoms with Gasteiger partial charge in [-0.2, -0.15) is 0 Å². The average Bonchev–Trinajstić information content (AvgIpc) is 3.11. The number of hydrogen-bond donors (Lipinski definition) is 0. The van der Waals surface area contributed by atoms with Crippen LogP contribution >= 0.6 is 0 Å². The van der Waals surface area contributed by atoms with Gasteiger partial charge in [0.05, 0.1) is 0 Å². The van der Waals surface area contributed by atoms with Crippen molar-refractivity contribution in [2.75, 3.05) is 24.7 Å². The van der Waals surface area contributed by atoms with Crippen LogP contribution in [0.1, 0.15) is 23.2 Å². The highest BCUT2D eigenvalue weighted by molar-refractivity contribution is 5.99. The summed E-state index contributed by atoms with van der Waals surface area (Å²) in [4.78, 5) is 37.2. The van der Waals surface area contributed by atoms with E-state index in [9.17, 15) is 14.4 Å². The summed E-state index contributed by atoms with van der Waals surface area (Å²) in [6, 6.07) is 15.6. The fourth-order valence-corrected chi connectivity index (χ4v) is 2.68. The highest BCUT2D eigenvalue weighted by Crippen LogP contribution is 2.21. The van der Waals surface area contributed by atoms with Gasteiger partial charge in [0, 0.05) is 24.2 Å². The highest BCUT2D eigenvalue weighted by atomic mass is 16.6. The molecule has 1 amide bonds. The number of ether oxygens (including phenoxy) is 2. The zero-order valence-electron chi connectivity index (χ0n) is 14.2. The van der Waals surface area contributed by atoms with Crippen LogP contribution in [0.15, 0.2) is 54.6 Å². The number of carbonyl (C=O) groups is 3. The lowest BCUT2D eigenvalue weighted by atomic mass is 10.1. The molecule has 0 bridgehead atoms. The number of ketones is 1. The summed E-state index contributed by atoms with van der Waals surface area (Å²) in [6.07, 6.45) is 1.40. The molecule has 1 aliphatic heterocycles. The molecule has 3 rings (SSSR count). The zero-order valence-corrected chi connectivity index (χ0v) is 14.2. The molecule has 0 unspecified atom stereocenters. The van der Waals surface area contributed by atoms with Gasteiger partial charge in [0.1, 0.15) is 5.75 Å². The molecule has 0 atom stereocenters. The molecular weight excluding hydrogens is 334 g/mol. The van der Waals surface area contributed by atoms with Gasteiger partial charge in [-0.3, -0.25) is 9.59 Å². The molecule has 0 aromatic heterocycles. The van der Waals surface area contributed by atoms with Crippen molar-refractivity contribution < 1.29 is 23.9 Å². The summed E-state index contributed by atoms with van der Waals surface area (Å²) in [5.41, 5.74) is 1.20. The Kier molecular flexibility index (Phi) is 5.63. The molecule has 0 radical (unpaired) electrons. The Morgan fingerprint density at radius 3 is 2.35 bits per heavy atom. The van der Waals surface area contributed by atoms with E-state index in [1.54, 1.807) is 53.4 Å². The molecule has 134 valence electrons. The first-order chi connectivity index (χ1) is 12.6. The summed E-state index contributed by atoms with van der Waals surface area (Å²) >= 11 is 0. The van der Waals surface area contributed by atoms with Gasteiger partial charge in [-0.05, 0) is 42.8 Å². The van der Waals surface area contributed by atoms with Crippen LogP contribution in [0.3, 0.4) is 0 Å². The summed E-state index contributed by atoms with van der Waals surface area (Å²) in [5.74, 6) is -0.266. The summed E-state index contributed by atoms with van der Waals surface area (Å²) in [5, 5.41) is 0. The normalized spacial score (nSPS) is 13.5. The minimum atomic E-state index is -0.610. The standard InChI is InChI=1S/C20H19NO5/c22-18(13-26-20(24)14-25-17-5-2-1-3-6-17)15-8-10-16(11-9-15)21-12-4-7-19(21)23/h1-3,5-6,8-11H,4,7,12-14H2. The number of Topliss-reactive ketones (excluding diaryl/α,β-unsaturated/α-hetero) is 1. The Morgan fingerprint density at radius 1 is 0.962 bits per heavy atom. The van der Waals surface area contributed by atoms with Gasteiger partial charge < -0.3 is 14.4 Å². The van der Waals surface area contributed by atoms with E-state index in [1.807, 2.05) is 6.07 Å². The molecule has 1 saturated heterocycles. The first-order valence-electron chi connectivity index (χ1n) is 8.40. The van der Waals surface area contributed by atoms with Gasteiger partial charge in [-0.25, -0.2) is 4.79 Å². The van der Waals surface area contributed by atoms with Crippen molar-refractivity contribution in [3.05, 3.63) is 60.2 Å². The van der Waals surface area contributed by atoms with E-state index in [0.717, 1.165) is 12.1 Å². The van der Waals surface area contributed by atoms with Crippen LogP contribution in [-0.4, -0.2) is 37.4 Å². The molecule has 6 nitrogen and oxygen atoms in total. The maximum atomic E-state index is 12.1. The third kappa shape index (κ3) is 4.47. The molecule has 6 heteroatoms. The molecule has 1 heterocycles. The predicted octanol–water partition coefficient (Wildman–Crippen LogP) is 2.62. The van der Waals surface area contributed by atoms with Crippen LogP contribution in [0, 0.1) is 0 Å². The summed E-state index contributed by atoms with van der Waals surface area (Å²) in [7, 11) is 0. The van der Waals surface area contributed by atoms with Gasteiger partial charge in [0.2, 0.25) is 5.91 Å². The minimum absolute atomic E-state index is 0.0939. The second kappa shape index (κ2) is 8.29. The number of para-hydroxylation sites is 1. The second-order valence-corrected chi connectivity index (χ2v) is 5.88. The quantitative estimate of drug-likeness (QED) is 0.565. The van der Waals surface area contributed by atoms with Crippen LogP contribution in [0.4, 0.5) is 5.69 Å². The van der Waals surface area contributed by atoms with Gasteiger partial charge in [-0.15, -0.1) is 0 Å². The number of nitrogens with zero attached hydrogens (tertiary/aromatic N) is 1. The molecule has 0 aliphatic carbocycles. The van der Waals surface area contributed by atoms with E-state index in [0.29, 0.717) is 24.3 Å². The zero-order chi connectivity index (χ0) is 18.4. The van der Waals surface area contributed by atoms with E-state index in [2.05, 4.69) is 0 Å². The lowest BCUT2D eigenvalue weighted by Crippen LogP contribution is -2.23. The van der Waals surface area contributed by atoms with E-state index in [4.69, 9.17) is 9.47 Å². The maximum Gasteiger partial charge on any atom is 0.344 e. The lowest BCUT2D eigenvalue weighted by Gasteiger charge is -2.15. The van der Waals surface area contributed by atoms with Gasteiger partial charge in [-0.1, -0.05) is 18.2 Å². The first-order valence-corrected chi connectivity index (χ1v) is 8.40. The van der Waals surface area contributed by atoms with Gasteiger partial charge >= 0.3 is 5.97 Å². The molecule has 2 aromatic rings. The Balaban J connectivity index is 1.47. The fraction of sp³-hybridized carbons (Fsp3) is 0.250. The van der Waals surface area contributed by atoms with Gasteiger partial charge in [0.25, 0.3) is 0 Å².